The van der Waals surface area contributed by atoms with Gasteiger partial charge in [-0.15, -0.1) is 0 Å². The summed E-state index contributed by atoms with van der Waals surface area (Å²) in [5.74, 6) is 0. The molecule has 20 heavy (non-hydrogen) atoms. The van der Waals surface area contributed by atoms with Gasteiger partial charge in [0.15, 0.2) is 0 Å². The zero-order valence-corrected chi connectivity index (χ0v) is 11.2. The second kappa shape index (κ2) is 5.81. The van der Waals surface area contributed by atoms with Gasteiger partial charge in [-0.2, -0.15) is 18.4 Å². The quantitative estimate of drug-likeness (QED) is 0.834. The Morgan fingerprint density at radius 1 is 1.20 bits per heavy atom. The highest BCUT2D eigenvalue weighted by Crippen LogP contribution is 2.33. The fourth-order valence-corrected chi connectivity index (χ4v) is 2.29. The molecule has 6 heteroatoms. The average Bonchev–Trinajstić information content (AvgIpc) is 2.40. The summed E-state index contributed by atoms with van der Waals surface area (Å²) in [6.07, 6.45) is -4.42. The molecule has 108 valence electrons. The Kier molecular flexibility index (Phi) is 4.31. The lowest BCUT2D eigenvalue weighted by Gasteiger charge is -2.32. The Morgan fingerprint density at radius 2 is 1.85 bits per heavy atom. The van der Waals surface area contributed by atoms with Gasteiger partial charge in [-0.25, -0.2) is 0 Å². The molecular weight excluding hydrogens is 267 g/mol. The molecule has 0 saturated carbocycles. The Morgan fingerprint density at radius 3 is 2.40 bits per heavy atom. The van der Waals surface area contributed by atoms with Crippen LogP contribution in [0.1, 0.15) is 16.7 Å². The van der Waals surface area contributed by atoms with Gasteiger partial charge in [-0.1, -0.05) is 6.07 Å². The Bertz CT molecular complexity index is 511. The van der Waals surface area contributed by atoms with Gasteiger partial charge in [0.05, 0.1) is 17.2 Å². The number of benzene rings is 1. The summed E-state index contributed by atoms with van der Waals surface area (Å²) in [6.45, 7) is 3.51. The van der Waals surface area contributed by atoms with E-state index in [4.69, 9.17) is 5.26 Å². The van der Waals surface area contributed by atoms with Crippen LogP contribution in [-0.4, -0.2) is 43.0 Å². The van der Waals surface area contributed by atoms with Gasteiger partial charge in [0.1, 0.15) is 0 Å². The largest absolute Gasteiger partial charge is 0.416 e. The molecule has 0 aliphatic carbocycles. The van der Waals surface area contributed by atoms with E-state index < -0.39 is 11.7 Å². The Balaban J connectivity index is 2.21. The van der Waals surface area contributed by atoms with Crippen molar-refractivity contribution in [2.75, 3.05) is 33.2 Å². The summed E-state index contributed by atoms with van der Waals surface area (Å²) >= 11 is 0. The van der Waals surface area contributed by atoms with Gasteiger partial charge >= 0.3 is 6.18 Å². The minimum atomic E-state index is -4.42. The fraction of sp³-hybridized carbons (Fsp3) is 0.500. The number of halogens is 3. The molecule has 2 rings (SSSR count). The van der Waals surface area contributed by atoms with Crippen LogP contribution >= 0.6 is 0 Å². The number of hydrogen-bond donors (Lipinski definition) is 0. The molecule has 1 aliphatic heterocycles. The Hall–Kier alpha value is -1.58. The van der Waals surface area contributed by atoms with Crippen molar-refractivity contribution in [1.29, 1.82) is 5.26 Å². The number of alkyl halides is 3. The van der Waals surface area contributed by atoms with E-state index in [0.717, 1.165) is 32.2 Å². The third-order valence-corrected chi connectivity index (χ3v) is 3.53. The molecule has 0 radical (unpaired) electrons. The summed E-state index contributed by atoms with van der Waals surface area (Å²) in [4.78, 5) is 4.16. The lowest BCUT2D eigenvalue weighted by atomic mass is 10.0. The lowest BCUT2D eigenvalue weighted by Crippen LogP contribution is -2.44. The number of likely N-dealkylation sites (N-methyl/N-ethyl adjacent to an activating group) is 1. The molecular formula is C14H16F3N3. The molecule has 0 spiro atoms. The first-order chi connectivity index (χ1) is 9.40. The second-order valence-corrected chi connectivity index (χ2v) is 5.06. The highest BCUT2D eigenvalue weighted by atomic mass is 19.4. The highest BCUT2D eigenvalue weighted by Gasteiger charge is 2.34. The van der Waals surface area contributed by atoms with Crippen molar-refractivity contribution in [1.82, 2.24) is 9.80 Å². The van der Waals surface area contributed by atoms with Crippen molar-refractivity contribution in [3.63, 3.8) is 0 Å². The van der Waals surface area contributed by atoms with Crippen LogP contribution in [0.4, 0.5) is 13.2 Å². The summed E-state index contributed by atoms with van der Waals surface area (Å²) in [5, 5.41) is 8.74. The first kappa shape index (κ1) is 14.8. The van der Waals surface area contributed by atoms with E-state index in [2.05, 4.69) is 4.90 Å². The molecule has 0 unspecified atom stereocenters. The highest BCUT2D eigenvalue weighted by molar-refractivity contribution is 5.39. The summed E-state index contributed by atoms with van der Waals surface area (Å²) in [5.41, 5.74) is -0.420. The lowest BCUT2D eigenvalue weighted by molar-refractivity contribution is -0.138. The van der Waals surface area contributed by atoms with Gasteiger partial charge in [0.2, 0.25) is 0 Å². The average molecular weight is 283 g/mol. The molecule has 0 N–H and O–H groups in total. The van der Waals surface area contributed by atoms with E-state index in [1.165, 1.54) is 12.1 Å². The molecule has 0 bridgehead atoms. The SMILES string of the molecule is CN1CCN(Cc2ccc(C#N)cc2C(F)(F)F)CC1. The predicted octanol–water partition coefficient (Wildman–Crippen LogP) is 2.32. The zero-order chi connectivity index (χ0) is 14.8. The molecule has 3 nitrogen and oxygen atoms in total. The van der Waals surface area contributed by atoms with Crippen LogP contribution in [-0.2, 0) is 12.7 Å². The number of nitriles is 1. The summed E-state index contributed by atoms with van der Waals surface area (Å²) in [6, 6.07) is 5.55. The van der Waals surface area contributed by atoms with Gasteiger partial charge in [-0.05, 0) is 24.7 Å². The Labute approximate surface area is 116 Å². The molecule has 1 heterocycles. The van der Waals surface area contributed by atoms with Gasteiger partial charge in [-0.3, -0.25) is 4.90 Å². The van der Waals surface area contributed by atoms with Crippen LogP contribution in [0.5, 0.6) is 0 Å². The van der Waals surface area contributed by atoms with E-state index in [0.29, 0.717) is 0 Å². The van der Waals surface area contributed by atoms with Crippen LogP contribution < -0.4 is 0 Å². The van der Waals surface area contributed by atoms with Crippen molar-refractivity contribution in [3.05, 3.63) is 34.9 Å². The van der Waals surface area contributed by atoms with E-state index in [9.17, 15) is 13.2 Å². The maximum absolute atomic E-state index is 13.0. The van der Waals surface area contributed by atoms with Crippen LogP contribution in [0.3, 0.4) is 0 Å². The van der Waals surface area contributed by atoms with Gasteiger partial charge in [0.25, 0.3) is 0 Å². The van der Waals surface area contributed by atoms with Crippen LogP contribution in [0, 0.1) is 11.3 Å². The smallest absolute Gasteiger partial charge is 0.304 e. The van der Waals surface area contributed by atoms with Gasteiger partial charge < -0.3 is 4.90 Å². The minimum absolute atomic E-state index is 0.0412. The van der Waals surface area contributed by atoms with Crippen LogP contribution in [0.2, 0.25) is 0 Å². The molecule has 1 saturated heterocycles. The monoisotopic (exact) mass is 283 g/mol. The van der Waals surface area contributed by atoms with E-state index in [1.54, 1.807) is 6.07 Å². The molecule has 1 aromatic carbocycles. The predicted molar refractivity (Wildman–Crippen MR) is 68.9 cm³/mol. The first-order valence-electron chi connectivity index (χ1n) is 6.41. The first-order valence-corrected chi connectivity index (χ1v) is 6.41. The third-order valence-electron chi connectivity index (χ3n) is 3.53. The van der Waals surface area contributed by atoms with Crippen molar-refractivity contribution in [2.24, 2.45) is 0 Å². The van der Waals surface area contributed by atoms with Crippen LogP contribution in [0.25, 0.3) is 0 Å². The molecule has 1 aliphatic rings. The van der Waals surface area contributed by atoms with E-state index in [-0.39, 0.29) is 17.7 Å². The number of rotatable bonds is 2. The standard InChI is InChI=1S/C14H16F3N3/c1-19-4-6-20(7-5-19)10-12-3-2-11(9-18)8-13(12)14(15,16)17/h2-3,8H,4-7,10H2,1H3. The number of hydrogen-bond acceptors (Lipinski definition) is 3. The van der Waals surface area contributed by atoms with Crippen LogP contribution in [0.15, 0.2) is 18.2 Å². The maximum atomic E-state index is 13.0. The zero-order valence-electron chi connectivity index (χ0n) is 11.2. The minimum Gasteiger partial charge on any atom is -0.304 e. The molecule has 0 amide bonds. The van der Waals surface area contributed by atoms with Crippen molar-refractivity contribution in [3.8, 4) is 6.07 Å². The van der Waals surface area contributed by atoms with Gasteiger partial charge in [0, 0.05) is 32.7 Å². The van der Waals surface area contributed by atoms with Crippen molar-refractivity contribution < 1.29 is 13.2 Å². The topological polar surface area (TPSA) is 30.3 Å². The number of nitrogens with zero attached hydrogens (tertiary/aromatic N) is 3. The molecule has 1 aromatic rings. The summed E-state index contributed by atoms with van der Waals surface area (Å²) in [7, 11) is 2.00. The second-order valence-electron chi connectivity index (χ2n) is 5.06. The van der Waals surface area contributed by atoms with Crippen molar-refractivity contribution >= 4 is 0 Å². The van der Waals surface area contributed by atoms with E-state index >= 15 is 0 Å². The molecule has 1 fully saturated rings. The summed E-state index contributed by atoms with van der Waals surface area (Å²) < 4.78 is 39.1. The normalized spacial score (nSPS) is 17.9. The maximum Gasteiger partial charge on any atom is 0.416 e. The third kappa shape index (κ3) is 3.50. The molecule has 0 aromatic heterocycles. The van der Waals surface area contributed by atoms with E-state index in [1.807, 2.05) is 11.9 Å². The van der Waals surface area contributed by atoms with Crippen molar-refractivity contribution in [2.45, 2.75) is 12.7 Å². The fourth-order valence-electron chi connectivity index (χ4n) is 2.29. The number of piperazine rings is 1. The molecule has 0 atom stereocenters.